The quantitative estimate of drug-likeness (QED) is 0.851. The topological polar surface area (TPSA) is 32.5 Å². The van der Waals surface area contributed by atoms with Gasteiger partial charge in [0, 0.05) is 26.2 Å². The van der Waals surface area contributed by atoms with Crippen molar-refractivity contribution in [2.45, 2.75) is 6.18 Å². The Bertz CT molecular complexity index is 422. The van der Waals surface area contributed by atoms with E-state index in [4.69, 9.17) is 17.3 Å². The van der Waals surface area contributed by atoms with Crippen molar-refractivity contribution < 1.29 is 13.2 Å². The Morgan fingerprint density at radius 3 is 2.32 bits per heavy atom. The first-order valence-electron chi connectivity index (χ1n) is 5.95. The van der Waals surface area contributed by atoms with Gasteiger partial charge in [-0.05, 0) is 12.1 Å². The van der Waals surface area contributed by atoms with Crippen LogP contribution in [0.2, 0.25) is 5.02 Å². The Hall–Kier alpha value is -1.14. The van der Waals surface area contributed by atoms with Crippen molar-refractivity contribution in [2.75, 3.05) is 43.4 Å². The molecule has 2 rings (SSSR count). The van der Waals surface area contributed by atoms with Crippen LogP contribution in [0.15, 0.2) is 18.2 Å². The number of para-hydroxylation sites is 1. The van der Waals surface area contributed by atoms with E-state index in [1.54, 1.807) is 18.2 Å². The number of nitrogens with two attached hydrogens (primary N) is 1. The Kier molecular flexibility index (Phi) is 4.10. The molecule has 7 heteroatoms. The summed E-state index contributed by atoms with van der Waals surface area (Å²) in [5.74, 6) is 0. The molecule has 1 aromatic carbocycles. The molecule has 0 spiro atoms. The van der Waals surface area contributed by atoms with E-state index in [2.05, 4.69) is 0 Å². The summed E-state index contributed by atoms with van der Waals surface area (Å²) in [5, 5.41) is 0.532. The van der Waals surface area contributed by atoms with Crippen LogP contribution in [0.5, 0.6) is 0 Å². The normalized spacial score (nSPS) is 17.8. The zero-order chi connectivity index (χ0) is 14.0. The Morgan fingerprint density at radius 1 is 1.16 bits per heavy atom. The van der Waals surface area contributed by atoms with Gasteiger partial charge in [0.2, 0.25) is 0 Å². The smallest absolute Gasteiger partial charge is 0.397 e. The number of anilines is 2. The SMILES string of the molecule is Nc1cccc(Cl)c1N1CCN(CC(F)(F)F)CC1. The van der Waals surface area contributed by atoms with Gasteiger partial charge in [-0.15, -0.1) is 0 Å². The minimum Gasteiger partial charge on any atom is -0.397 e. The first-order valence-corrected chi connectivity index (χ1v) is 6.32. The zero-order valence-electron chi connectivity index (χ0n) is 10.3. The van der Waals surface area contributed by atoms with E-state index in [-0.39, 0.29) is 0 Å². The van der Waals surface area contributed by atoms with E-state index in [1.807, 2.05) is 4.90 Å². The van der Waals surface area contributed by atoms with Gasteiger partial charge in [0.1, 0.15) is 0 Å². The largest absolute Gasteiger partial charge is 0.401 e. The maximum absolute atomic E-state index is 12.3. The zero-order valence-corrected chi connectivity index (χ0v) is 11.0. The molecular weight excluding hydrogens is 279 g/mol. The number of piperazine rings is 1. The lowest BCUT2D eigenvalue weighted by molar-refractivity contribution is -0.146. The maximum atomic E-state index is 12.3. The average molecular weight is 294 g/mol. The molecule has 3 nitrogen and oxygen atoms in total. The summed E-state index contributed by atoms with van der Waals surface area (Å²) >= 11 is 6.09. The highest BCUT2D eigenvalue weighted by molar-refractivity contribution is 6.34. The van der Waals surface area contributed by atoms with E-state index >= 15 is 0 Å². The molecule has 0 bridgehead atoms. The van der Waals surface area contributed by atoms with E-state index < -0.39 is 12.7 Å². The summed E-state index contributed by atoms with van der Waals surface area (Å²) in [6.45, 7) is 0.821. The van der Waals surface area contributed by atoms with Crippen LogP contribution < -0.4 is 10.6 Å². The van der Waals surface area contributed by atoms with E-state index in [0.717, 1.165) is 5.69 Å². The monoisotopic (exact) mass is 293 g/mol. The Morgan fingerprint density at radius 2 is 1.79 bits per heavy atom. The molecule has 0 atom stereocenters. The van der Waals surface area contributed by atoms with Gasteiger partial charge in [0.05, 0.1) is 22.9 Å². The second kappa shape index (κ2) is 5.46. The van der Waals surface area contributed by atoms with Gasteiger partial charge < -0.3 is 10.6 Å². The second-order valence-electron chi connectivity index (χ2n) is 4.56. The van der Waals surface area contributed by atoms with E-state index in [1.165, 1.54) is 4.90 Å². The van der Waals surface area contributed by atoms with Crippen molar-refractivity contribution in [3.05, 3.63) is 23.2 Å². The Labute approximate surface area is 114 Å². The van der Waals surface area contributed by atoms with Gasteiger partial charge in [0.15, 0.2) is 0 Å². The van der Waals surface area contributed by atoms with Gasteiger partial charge in [-0.1, -0.05) is 17.7 Å². The fraction of sp³-hybridized carbons (Fsp3) is 0.500. The van der Waals surface area contributed by atoms with Crippen molar-refractivity contribution >= 4 is 23.0 Å². The van der Waals surface area contributed by atoms with Crippen LogP contribution in [0.4, 0.5) is 24.5 Å². The molecule has 0 amide bonds. The third kappa shape index (κ3) is 3.67. The van der Waals surface area contributed by atoms with Gasteiger partial charge in [-0.3, -0.25) is 4.90 Å². The van der Waals surface area contributed by atoms with Gasteiger partial charge in [0.25, 0.3) is 0 Å². The number of hydrogen-bond acceptors (Lipinski definition) is 3. The van der Waals surface area contributed by atoms with Crippen molar-refractivity contribution in [3.8, 4) is 0 Å². The average Bonchev–Trinajstić information content (AvgIpc) is 2.29. The van der Waals surface area contributed by atoms with Crippen LogP contribution in [0, 0.1) is 0 Å². The maximum Gasteiger partial charge on any atom is 0.401 e. The molecule has 1 aromatic rings. The number of halogens is 4. The molecule has 0 aromatic heterocycles. The second-order valence-corrected chi connectivity index (χ2v) is 4.96. The predicted molar refractivity (Wildman–Crippen MR) is 70.6 cm³/mol. The highest BCUT2D eigenvalue weighted by atomic mass is 35.5. The number of benzene rings is 1. The summed E-state index contributed by atoms with van der Waals surface area (Å²) in [6.07, 6.45) is -4.15. The van der Waals surface area contributed by atoms with E-state index in [9.17, 15) is 13.2 Å². The number of rotatable bonds is 2. The van der Waals surface area contributed by atoms with Crippen molar-refractivity contribution in [1.82, 2.24) is 4.90 Å². The van der Waals surface area contributed by atoms with E-state index in [0.29, 0.717) is 36.9 Å². The lowest BCUT2D eigenvalue weighted by atomic mass is 10.2. The lowest BCUT2D eigenvalue weighted by Crippen LogP contribution is -2.49. The molecule has 0 aliphatic carbocycles. The van der Waals surface area contributed by atoms with Crippen LogP contribution in [0.3, 0.4) is 0 Å². The van der Waals surface area contributed by atoms with Crippen LogP contribution in [-0.4, -0.2) is 43.8 Å². The molecule has 1 aliphatic rings. The Balaban J connectivity index is 2.00. The molecule has 0 radical (unpaired) electrons. The number of nitrogen functional groups attached to an aromatic ring is 1. The van der Waals surface area contributed by atoms with Crippen LogP contribution >= 0.6 is 11.6 Å². The third-order valence-corrected chi connectivity index (χ3v) is 3.41. The number of hydrogen-bond donors (Lipinski definition) is 1. The van der Waals surface area contributed by atoms with Gasteiger partial charge >= 0.3 is 6.18 Å². The third-order valence-electron chi connectivity index (χ3n) is 3.11. The van der Waals surface area contributed by atoms with Crippen LogP contribution in [-0.2, 0) is 0 Å². The molecule has 2 N–H and O–H groups in total. The van der Waals surface area contributed by atoms with Crippen LogP contribution in [0.1, 0.15) is 0 Å². The fourth-order valence-corrected chi connectivity index (χ4v) is 2.55. The molecule has 0 unspecified atom stereocenters. The fourth-order valence-electron chi connectivity index (χ4n) is 2.25. The first kappa shape index (κ1) is 14.3. The molecule has 106 valence electrons. The summed E-state index contributed by atoms with van der Waals surface area (Å²) in [4.78, 5) is 3.33. The van der Waals surface area contributed by atoms with Crippen molar-refractivity contribution in [3.63, 3.8) is 0 Å². The summed E-state index contributed by atoms with van der Waals surface area (Å²) in [7, 11) is 0. The molecule has 0 saturated carbocycles. The minimum atomic E-state index is -4.15. The van der Waals surface area contributed by atoms with Crippen molar-refractivity contribution in [1.29, 1.82) is 0 Å². The number of alkyl halides is 3. The summed E-state index contributed by atoms with van der Waals surface area (Å²) in [6, 6.07) is 5.22. The predicted octanol–water partition coefficient (Wildman–Crippen LogP) is 2.61. The number of nitrogens with zero attached hydrogens (tertiary/aromatic N) is 2. The molecular formula is C12H15ClF3N3. The van der Waals surface area contributed by atoms with Crippen molar-refractivity contribution in [2.24, 2.45) is 0 Å². The first-order chi connectivity index (χ1) is 8.87. The highest BCUT2D eigenvalue weighted by Gasteiger charge is 2.32. The highest BCUT2D eigenvalue weighted by Crippen LogP contribution is 2.32. The summed E-state index contributed by atoms with van der Waals surface area (Å²) < 4.78 is 36.9. The molecule has 1 saturated heterocycles. The molecule has 1 aliphatic heterocycles. The summed E-state index contributed by atoms with van der Waals surface area (Å²) in [5.41, 5.74) is 7.14. The molecule has 19 heavy (non-hydrogen) atoms. The van der Waals surface area contributed by atoms with Crippen LogP contribution in [0.25, 0.3) is 0 Å². The standard InChI is InChI=1S/C12H15ClF3N3/c13-9-2-1-3-10(17)11(9)19-6-4-18(5-7-19)8-12(14,15)16/h1-3H,4-8,17H2. The van der Waals surface area contributed by atoms with Gasteiger partial charge in [-0.2, -0.15) is 13.2 Å². The molecule has 1 fully saturated rings. The lowest BCUT2D eigenvalue weighted by Gasteiger charge is -2.37. The molecule has 1 heterocycles. The minimum absolute atomic E-state index is 0.351. The van der Waals surface area contributed by atoms with Gasteiger partial charge in [-0.25, -0.2) is 0 Å².